The van der Waals surface area contributed by atoms with Gasteiger partial charge in [-0.15, -0.1) is 0 Å². The van der Waals surface area contributed by atoms with Gasteiger partial charge in [0.25, 0.3) is 0 Å². The number of fused-ring (bicyclic) bond motifs is 2. The van der Waals surface area contributed by atoms with Gasteiger partial charge in [0.05, 0.1) is 30.0 Å². The van der Waals surface area contributed by atoms with Gasteiger partial charge in [-0.2, -0.15) is 5.10 Å². The largest absolute Gasteiger partial charge is 0.478 e. The third-order valence-electron chi connectivity index (χ3n) is 7.79. The maximum atomic E-state index is 10.2. The highest BCUT2D eigenvalue weighted by Gasteiger charge is 2.21. The molecule has 6 aromatic rings. The molecule has 0 amide bonds. The number of oxazole rings is 1. The smallest absolute Gasteiger partial charge is 0.335 e. The van der Waals surface area contributed by atoms with Crippen molar-refractivity contribution in [1.29, 1.82) is 0 Å². The van der Waals surface area contributed by atoms with E-state index < -0.39 is 5.97 Å². The van der Waals surface area contributed by atoms with E-state index in [-0.39, 0.29) is 0 Å². The Kier molecular flexibility index (Phi) is 7.85. The van der Waals surface area contributed by atoms with Gasteiger partial charge in [0.1, 0.15) is 5.76 Å². The number of rotatable bonds is 6. The standard InChI is InChI=1S/C26H28N6O.C7H6O2/c1-17(2)32-10-8-31(9-11-32)16-19-14-28-26(33-19)22-12-18(13-25-23(22)15-29-30-25)20-4-3-5-24-21(20)6-7-27-24;8-7(9)6-4-2-1-3-5-6/h3-7,12-15,17,27H,8-11,16H2,1-2H3,(H,29,30);1-5H,(H,8,9). The molecular formula is C33H34N6O3. The van der Waals surface area contributed by atoms with E-state index in [1.165, 1.54) is 10.9 Å². The number of hydrogen-bond acceptors (Lipinski definition) is 6. The number of aromatic carboxylic acids is 1. The molecule has 9 heteroatoms. The maximum absolute atomic E-state index is 10.2. The Morgan fingerprint density at radius 2 is 1.74 bits per heavy atom. The highest BCUT2D eigenvalue weighted by molar-refractivity contribution is 6.01. The number of nitrogens with zero attached hydrogens (tertiary/aromatic N) is 4. The normalized spacial score (nSPS) is 14.4. The lowest BCUT2D eigenvalue weighted by atomic mass is 9.98. The maximum Gasteiger partial charge on any atom is 0.335 e. The molecule has 3 aromatic carbocycles. The molecule has 1 fully saturated rings. The number of hydrogen-bond donors (Lipinski definition) is 3. The van der Waals surface area contributed by atoms with Crippen LogP contribution in [0.15, 0.2) is 89.7 Å². The Hall–Kier alpha value is -4.73. The van der Waals surface area contributed by atoms with E-state index in [1.807, 2.05) is 18.6 Å². The number of carboxylic acids is 1. The fraction of sp³-hybridized carbons (Fsp3) is 0.242. The topological polar surface area (TPSA) is 114 Å². The van der Waals surface area contributed by atoms with E-state index in [9.17, 15) is 4.79 Å². The molecule has 214 valence electrons. The summed E-state index contributed by atoms with van der Waals surface area (Å²) in [5, 5.41) is 18.0. The van der Waals surface area contributed by atoms with E-state index in [1.54, 1.807) is 30.3 Å². The van der Waals surface area contributed by atoms with Crippen LogP contribution in [0.1, 0.15) is 30.0 Å². The third-order valence-corrected chi connectivity index (χ3v) is 7.79. The molecule has 0 aliphatic carbocycles. The number of piperazine rings is 1. The van der Waals surface area contributed by atoms with Gasteiger partial charge in [0.15, 0.2) is 0 Å². The lowest BCUT2D eigenvalue weighted by molar-refractivity contribution is 0.0697. The van der Waals surface area contributed by atoms with Gasteiger partial charge in [-0.1, -0.05) is 30.3 Å². The van der Waals surface area contributed by atoms with Crippen molar-refractivity contribution in [1.82, 2.24) is 30.0 Å². The van der Waals surface area contributed by atoms with Crippen LogP contribution in [0.25, 0.3) is 44.4 Å². The summed E-state index contributed by atoms with van der Waals surface area (Å²) in [5.41, 5.74) is 5.66. The zero-order valence-electron chi connectivity index (χ0n) is 23.7. The molecule has 4 heterocycles. The van der Waals surface area contributed by atoms with Crippen molar-refractivity contribution in [2.24, 2.45) is 0 Å². The summed E-state index contributed by atoms with van der Waals surface area (Å²) in [6.07, 6.45) is 5.70. The van der Waals surface area contributed by atoms with Crippen LogP contribution >= 0.6 is 0 Å². The number of aromatic amines is 2. The van der Waals surface area contributed by atoms with Crippen molar-refractivity contribution >= 4 is 27.8 Å². The SMILES string of the molecule is CC(C)N1CCN(Cc2cnc(-c3cc(-c4cccc5[nH]ccc45)cc4[nH]ncc34)o2)CC1.O=C(O)c1ccccc1. The van der Waals surface area contributed by atoms with Crippen molar-refractivity contribution in [3.63, 3.8) is 0 Å². The summed E-state index contributed by atoms with van der Waals surface area (Å²) in [5.74, 6) is 0.661. The molecule has 0 spiro atoms. The van der Waals surface area contributed by atoms with Gasteiger partial charge in [0, 0.05) is 60.3 Å². The highest BCUT2D eigenvalue weighted by Crippen LogP contribution is 2.36. The summed E-state index contributed by atoms with van der Waals surface area (Å²) < 4.78 is 6.27. The van der Waals surface area contributed by atoms with Crippen molar-refractivity contribution in [2.45, 2.75) is 26.4 Å². The first-order valence-corrected chi connectivity index (χ1v) is 14.2. The Balaban J connectivity index is 0.000000302. The zero-order chi connectivity index (χ0) is 29.1. The molecule has 0 saturated carbocycles. The molecule has 3 N–H and O–H groups in total. The molecule has 42 heavy (non-hydrogen) atoms. The highest BCUT2D eigenvalue weighted by atomic mass is 16.4. The summed E-state index contributed by atoms with van der Waals surface area (Å²) in [6.45, 7) is 9.61. The average Bonchev–Trinajstić information content (AvgIpc) is 3.79. The first-order chi connectivity index (χ1) is 20.5. The molecule has 9 nitrogen and oxygen atoms in total. The molecule has 0 radical (unpaired) electrons. The molecule has 3 aromatic heterocycles. The second-order valence-electron chi connectivity index (χ2n) is 10.8. The van der Waals surface area contributed by atoms with Crippen LogP contribution in [0.3, 0.4) is 0 Å². The molecule has 1 aliphatic heterocycles. The second kappa shape index (κ2) is 12.0. The predicted octanol–water partition coefficient (Wildman–Crippen LogP) is 6.28. The van der Waals surface area contributed by atoms with Crippen LogP contribution in [-0.4, -0.2) is 73.3 Å². The van der Waals surface area contributed by atoms with Gasteiger partial charge >= 0.3 is 5.97 Å². The molecule has 0 atom stereocenters. The van der Waals surface area contributed by atoms with Gasteiger partial charge in [-0.3, -0.25) is 14.9 Å². The van der Waals surface area contributed by atoms with E-state index in [4.69, 9.17) is 9.52 Å². The summed E-state index contributed by atoms with van der Waals surface area (Å²) in [6, 6.07) is 21.6. The summed E-state index contributed by atoms with van der Waals surface area (Å²) >= 11 is 0. The van der Waals surface area contributed by atoms with Crippen LogP contribution in [0.4, 0.5) is 0 Å². The fourth-order valence-corrected chi connectivity index (χ4v) is 5.46. The van der Waals surface area contributed by atoms with Gasteiger partial charge < -0.3 is 14.5 Å². The number of carbonyl (C=O) groups is 1. The van der Waals surface area contributed by atoms with Gasteiger partial charge in [0.2, 0.25) is 5.89 Å². The third kappa shape index (κ3) is 5.83. The van der Waals surface area contributed by atoms with E-state index in [0.717, 1.165) is 66.0 Å². The van der Waals surface area contributed by atoms with Gasteiger partial charge in [-0.05, 0) is 61.4 Å². The molecule has 7 rings (SSSR count). The van der Waals surface area contributed by atoms with Crippen molar-refractivity contribution in [3.8, 4) is 22.6 Å². The molecule has 0 bridgehead atoms. The minimum absolute atomic E-state index is 0.331. The lowest BCUT2D eigenvalue weighted by Crippen LogP contribution is -2.48. The van der Waals surface area contributed by atoms with Crippen LogP contribution in [0.5, 0.6) is 0 Å². The Bertz CT molecular complexity index is 1790. The molecule has 1 aliphatic rings. The van der Waals surface area contributed by atoms with Crippen LogP contribution < -0.4 is 0 Å². The van der Waals surface area contributed by atoms with E-state index >= 15 is 0 Å². The van der Waals surface area contributed by atoms with Crippen LogP contribution in [0.2, 0.25) is 0 Å². The van der Waals surface area contributed by atoms with E-state index in [2.05, 4.69) is 80.2 Å². The number of benzene rings is 3. The van der Waals surface area contributed by atoms with E-state index in [0.29, 0.717) is 17.5 Å². The lowest BCUT2D eigenvalue weighted by Gasteiger charge is -2.36. The minimum Gasteiger partial charge on any atom is -0.478 e. The molecule has 1 saturated heterocycles. The Morgan fingerprint density at radius 3 is 2.48 bits per heavy atom. The Labute approximate surface area is 243 Å². The number of carboxylic acid groups (broad SMARTS) is 1. The first kappa shape index (κ1) is 27.4. The first-order valence-electron chi connectivity index (χ1n) is 14.2. The van der Waals surface area contributed by atoms with Gasteiger partial charge in [-0.25, -0.2) is 9.78 Å². The fourth-order valence-electron chi connectivity index (χ4n) is 5.46. The summed E-state index contributed by atoms with van der Waals surface area (Å²) in [7, 11) is 0. The number of H-pyrrole nitrogens is 2. The minimum atomic E-state index is -0.879. The number of aromatic nitrogens is 4. The summed E-state index contributed by atoms with van der Waals surface area (Å²) in [4.78, 5) is 23.1. The van der Waals surface area contributed by atoms with Crippen molar-refractivity contribution in [2.75, 3.05) is 26.2 Å². The second-order valence-corrected chi connectivity index (χ2v) is 10.8. The predicted molar refractivity (Wildman–Crippen MR) is 164 cm³/mol. The Morgan fingerprint density at radius 1 is 0.929 bits per heavy atom. The molecule has 0 unspecified atom stereocenters. The number of nitrogens with one attached hydrogen (secondary N) is 2. The van der Waals surface area contributed by atoms with Crippen LogP contribution in [0, 0.1) is 0 Å². The van der Waals surface area contributed by atoms with Crippen molar-refractivity contribution < 1.29 is 14.3 Å². The monoisotopic (exact) mass is 562 g/mol. The quantitative estimate of drug-likeness (QED) is 0.219. The molecular weight excluding hydrogens is 528 g/mol. The van der Waals surface area contributed by atoms with Crippen molar-refractivity contribution in [3.05, 3.63) is 96.6 Å². The van der Waals surface area contributed by atoms with Crippen LogP contribution in [-0.2, 0) is 6.54 Å². The average molecular weight is 563 g/mol. The zero-order valence-corrected chi connectivity index (χ0v) is 23.7.